The molecule has 0 aliphatic heterocycles. The molecule has 0 bridgehead atoms. The van der Waals surface area contributed by atoms with Gasteiger partial charge < -0.3 is 9.84 Å². The summed E-state index contributed by atoms with van der Waals surface area (Å²) in [7, 11) is 0. The molecule has 2 aromatic rings. The number of aliphatic hydroxyl groups excluding tert-OH is 1. The minimum atomic E-state index is -0.850. The molecule has 2 nitrogen and oxygen atoms in total. The molecule has 2 aromatic carbocycles. The third kappa shape index (κ3) is 3.11. The highest BCUT2D eigenvalue weighted by Crippen LogP contribution is 2.33. The molecule has 0 saturated heterocycles. The lowest BCUT2D eigenvalue weighted by molar-refractivity contribution is 0.279. The fourth-order valence-corrected chi connectivity index (χ4v) is 2.17. The van der Waals surface area contributed by atoms with Gasteiger partial charge in [-0.15, -0.1) is 0 Å². The molecule has 2 rings (SSSR count). The Labute approximate surface area is 117 Å². The van der Waals surface area contributed by atoms with E-state index in [9.17, 15) is 8.78 Å². The standard InChI is InChI=1S/C14H11BrF2O2/c1-8-2-3-13(10(15)4-8)19-14-11(16)5-9(7-18)6-12(14)17/h2-6,18H,7H2,1H3. The molecule has 0 aromatic heterocycles. The van der Waals surface area contributed by atoms with Gasteiger partial charge in [-0.3, -0.25) is 0 Å². The third-order valence-corrected chi connectivity index (χ3v) is 3.16. The van der Waals surface area contributed by atoms with Gasteiger partial charge in [-0.05, 0) is 58.2 Å². The van der Waals surface area contributed by atoms with Gasteiger partial charge in [-0.1, -0.05) is 6.07 Å². The first-order valence-corrected chi connectivity index (χ1v) is 6.33. The Morgan fingerprint density at radius 1 is 1.16 bits per heavy atom. The van der Waals surface area contributed by atoms with Crippen LogP contribution in [0.3, 0.4) is 0 Å². The highest BCUT2D eigenvalue weighted by Gasteiger charge is 2.14. The quantitative estimate of drug-likeness (QED) is 0.909. The van der Waals surface area contributed by atoms with E-state index in [0.29, 0.717) is 10.2 Å². The molecule has 0 aliphatic carbocycles. The zero-order chi connectivity index (χ0) is 14.0. The molecule has 0 amide bonds. The number of hydrogen-bond acceptors (Lipinski definition) is 2. The van der Waals surface area contributed by atoms with Crippen LogP contribution in [0.15, 0.2) is 34.8 Å². The van der Waals surface area contributed by atoms with Gasteiger partial charge in [0.2, 0.25) is 0 Å². The fourth-order valence-electron chi connectivity index (χ4n) is 1.60. The van der Waals surface area contributed by atoms with Crippen LogP contribution in [0, 0.1) is 18.6 Å². The third-order valence-electron chi connectivity index (χ3n) is 2.54. The van der Waals surface area contributed by atoms with Crippen molar-refractivity contribution in [3.63, 3.8) is 0 Å². The summed E-state index contributed by atoms with van der Waals surface area (Å²) in [4.78, 5) is 0. The van der Waals surface area contributed by atoms with E-state index in [1.165, 1.54) is 0 Å². The molecule has 0 aliphatic rings. The second kappa shape index (κ2) is 5.67. The van der Waals surface area contributed by atoms with E-state index in [0.717, 1.165) is 17.7 Å². The number of rotatable bonds is 3. The number of ether oxygens (including phenoxy) is 1. The van der Waals surface area contributed by atoms with Crippen molar-refractivity contribution in [2.75, 3.05) is 0 Å². The molecule has 0 atom stereocenters. The molecule has 1 N–H and O–H groups in total. The average Bonchev–Trinajstić information content (AvgIpc) is 2.35. The van der Waals surface area contributed by atoms with Crippen LogP contribution in [0.4, 0.5) is 8.78 Å². The molecule has 0 heterocycles. The lowest BCUT2D eigenvalue weighted by Crippen LogP contribution is -1.96. The summed E-state index contributed by atoms with van der Waals surface area (Å²) in [5.74, 6) is -1.87. The van der Waals surface area contributed by atoms with Gasteiger partial charge in [0.05, 0.1) is 11.1 Å². The van der Waals surface area contributed by atoms with Crippen molar-refractivity contribution in [1.82, 2.24) is 0 Å². The van der Waals surface area contributed by atoms with E-state index in [4.69, 9.17) is 9.84 Å². The van der Waals surface area contributed by atoms with Crippen LogP contribution < -0.4 is 4.74 Å². The zero-order valence-corrected chi connectivity index (χ0v) is 11.7. The van der Waals surface area contributed by atoms with Crippen LogP contribution in [0.1, 0.15) is 11.1 Å². The first kappa shape index (κ1) is 14.0. The van der Waals surface area contributed by atoms with E-state index < -0.39 is 24.0 Å². The van der Waals surface area contributed by atoms with Gasteiger partial charge in [-0.2, -0.15) is 0 Å². The first-order valence-electron chi connectivity index (χ1n) is 5.54. The van der Waals surface area contributed by atoms with Crippen molar-refractivity contribution in [1.29, 1.82) is 0 Å². The number of benzene rings is 2. The summed E-state index contributed by atoms with van der Waals surface area (Å²) >= 11 is 3.27. The predicted molar refractivity (Wildman–Crippen MR) is 71.2 cm³/mol. The van der Waals surface area contributed by atoms with Crippen LogP contribution in [-0.4, -0.2) is 5.11 Å². The second-order valence-electron chi connectivity index (χ2n) is 4.08. The largest absolute Gasteiger partial charge is 0.450 e. The Morgan fingerprint density at radius 2 is 1.79 bits per heavy atom. The fraction of sp³-hybridized carbons (Fsp3) is 0.143. The van der Waals surface area contributed by atoms with Crippen molar-refractivity contribution >= 4 is 15.9 Å². The van der Waals surface area contributed by atoms with Crippen LogP contribution in [0.5, 0.6) is 11.5 Å². The predicted octanol–water partition coefficient (Wildman–Crippen LogP) is 4.32. The molecule has 5 heteroatoms. The van der Waals surface area contributed by atoms with E-state index in [1.54, 1.807) is 18.2 Å². The van der Waals surface area contributed by atoms with Crippen LogP contribution in [-0.2, 0) is 6.61 Å². The molecular weight excluding hydrogens is 318 g/mol. The lowest BCUT2D eigenvalue weighted by Gasteiger charge is -2.11. The Kier molecular flexibility index (Phi) is 4.17. The molecule has 0 spiro atoms. The summed E-state index contributed by atoms with van der Waals surface area (Å²) in [6.45, 7) is 1.47. The minimum absolute atomic E-state index is 0.158. The SMILES string of the molecule is Cc1ccc(Oc2c(F)cc(CO)cc2F)c(Br)c1. The number of aliphatic hydroxyl groups is 1. The van der Waals surface area contributed by atoms with Gasteiger partial charge >= 0.3 is 0 Å². The summed E-state index contributed by atoms with van der Waals surface area (Å²) in [6.07, 6.45) is 0. The summed E-state index contributed by atoms with van der Waals surface area (Å²) in [6, 6.07) is 7.27. The van der Waals surface area contributed by atoms with Crippen molar-refractivity contribution in [3.05, 3.63) is 57.6 Å². The van der Waals surface area contributed by atoms with Crippen molar-refractivity contribution in [2.45, 2.75) is 13.5 Å². The normalized spacial score (nSPS) is 10.6. The second-order valence-corrected chi connectivity index (χ2v) is 4.94. The smallest absolute Gasteiger partial charge is 0.198 e. The Balaban J connectivity index is 2.38. The van der Waals surface area contributed by atoms with Gasteiger partial charge in [0.1, 0.15) is 5.75 Å². The van der Waals surface area contributed by atoms with Crippen molar-refractivity contribution in [2.24, 2.45) is 0 Å². The van der Waals surface area contributed by atoms with Gasteiger partial charge in [0.25, 0.3) is 0 Å². The van der Waals surface area contributed by atoms with E-state index >= 15 is 0 Å². The topological polar surface area (TPSA) is 29.5 Å². The first-order chi connectivity index (χ1) is 9.01. The Morgan fingerprint density at radius 3 is 2.32 bits per heavy atom. The van der Waals surface area contributed by atoms with E-state index in [-0.39, 0.29) is 5.56 Å². The number of halogens is 3. The zero-order valence-electron chi connectivity index (χ0n) is 10.1. The molecule has 19 heavy (non-hydrogen) atoms. The average molecular weight is 329 g/mol. The summed E-state index contributed by atoms with van der Waals surface area (Å²) < 4.78 is 33.3. The van der Waals surface area contributed by atoms with Gasteiger partial charge in [-0.25, -0.2) is 8.78 Å². The molecule has 0 saturated carbocycles. The highest BCUT2D eigenvalue weighted by atomic mass is 79.9. The van der Waals surface area contributed by atoms with Crippen LogP contribution >= 0.6 is 15.9 Å². The van der Waals surface area contributed by atoms with Crippen LogP contribution in [0.2, 0.25) is 0 Å². The maximum atomic E-state index is 13.7. The summed E-state index contributed by atoms with van der Waals surface area (Å²) in [5, 5.41) is 8.86. The molecule has 0 unspecified atom stereocenters. The van der Waals surface area contributed by atoms with Gasteiger partial charge in [0.15, 0.2) is 17.4 Å². The van der Waals surface area contributed by atoms with E-state index in [2.05, 4.69) is 15.9 Å². The number of aryl methyl sites for hydroxylation is 1. The lowest BCUT2D eigenvalue weighted by atomic mass is 10.2. The molecule has 100 valence electrons. The highest BCUT2D eigenvalue weighted by molar-refractivity contribution is 9.10. The summed E-state index contributed by atoms with van der Waals surface area (Å²) in [5.41, 5.74) is 1.15. The maximum Gasteiger partial charge on any atom is 0.198 e. The molecular formula is C14H11BrF2O2. The van der Waals surface area contributed by atoms with Gasteiger partial charge in [0, 0.05) is 0 Å². The van der Waals surface area contributed by atoms with Crippen molar-refractivity contribution in [3.8, 4) is 11.5 Å². The Hall–Kier alpha value is -1.46. The Bertz CT molecular complexity index is 591. The minimum Gasteiger partial charge on any atom is -0.450 e. The molecule has 0 fully saturated rings. The number of hydrogen-bond donors (Lipinski definition) is 1. The van der Waals surface area contributed by atoms with Crippen molar-refractivity contribution < 1.29 is 18.6 Å². The molecule has 0 radical (unpaired) electrons. The van der Waals surface area contributed by atoms with Crippen LogP contribution in [0.25, 0.3) is 0 Å². The van der Waals surface area contributed by atoms with E-state index in [1.807, 2.05) is 6.92 Å². The monoisotopic (exact) mass is 328 g/mol. The maximum absolute atomic E-state index is 13.7.